The number of ether oxygens (including phenoxy) is 4. The molecule has 12 heteroatoms. The van der Waals surface area contributed by atoms with Crippen molar-refractivity contribution in [2.75, 3.05) is 0 Å². The highest BCUT2D eigenvalue weighted by Gasteiger charge is 2.33. The summed E-state index contributed by atoms with van der Waals surface area (Å²) >= 11 is 0. The molecule has 0 unspecified atom stereocenters. The van der Waals surface area contributed by atoms with Crippen LogP contribution in [0.4, 0.5) is 0 Å². The van der Waals surface area contributed by atoms with E-state index in [0.29, 0.717) is 68.9 Å². The molecule has 8 aromatic carbocycles. The maximum absolute atomic E-state index is 7.11. The Balaban J connectivity index is 1.05. The Morgan fingerprint density at radius 2 is 0.515 bits per heavy atom. The van der Waals surface area contributed by atoms with Gasteiger partial charge in [0.05, 0.1) is 0 Å². The summed E-state index contributed by atoms with van der Waals surface area (Å²) in [5.74, 6) is 7.52. The fraction of sp³-hybridized carbons (Fsp3) is 0.385. The molecular formula is C91H104N8O4. The molecule has 13 rings (SSSR count). The van der Waals surface area contributed by atoms with Gasteiger partial charge in [0.1, 0.15) is 68.6 Å². The lowest BCUT2D eigenvalue weighted by atomic mass is 9.76. The molecule has 0 fully saturated rings. The number of fused-ring (bicyclic) bond motifs is 20. The van der Waals surface area contributed by atoms with E-state index in [1.807, 2.05) is 66.7 Å². The summed E-state index contributed by atoms with van der Waals surface area (Å²) in [5.41, 5.74) is 13.2. The smallest absolute Gasteiger partial charge is 0.164 e. The molecule has 0 spiro atoms. The van der Waals surface area contributed by atoms with Crippen LogP contribution in [0, 0.1) is 0 Å². The molecule has 103 heavy (non-hydrogen) atoms. The molecule has 8 bridgehead atoms. The SMILES string of the molecule is CCC(C)(C)c1ccc(Oc2ccc3c4nc5nc(nc6[nH]c(nc7nc(nc([nH]4)c3c2)-c2ccc(Oc3ccc(C(C)(C)CC)cc3C(C)(C)CC)cc2-7)c2ccc(Oc3ccc(C(C)(C)CC)cc3C(C)(C)CC)cc62)-c2ccc(Oc3ccc(C(C)(C)CC)cc3C(C)(C)CC)cc2-5)cc1. The normalized spacial score (nSPS) is 13.0. The van der Waals surface area contributed by atoms with Crippen LogP contribution in [0.2, 0.25) is 0 Å². The molecular weight excluding hydrogens is 1270 g/mol. The maximum atomic E-state index is 7.11. The Morgan fingerprint density at radius 3 is 0.854 bits per heavy atom. The van der Waals surface area contributed by atoms with Crippen LogP contribution in [0.1, 0.15) is 229 Å². The van der Waals surface area contributed by atoms with Crippen LogP contribution in [-0.2, 0) is 37.9 Å². The van der Waals surface area contributed by atoms with Gasteiger partial charge in [0, 0.05) is 60.5 Å². The van der Waals surface area contributed by atoms with E-state index in [1.165, 1.54) is 22.3 Å². The first kappa shape index (κ1) is 71.7. The van der Waals surface area contributed by atoms with Crippen LogP contribution in [0.15, 0.2) is 152 Å². The largest absolute Gasteiger partial charge is 0.457 e. The Labute approximate surface area is 610 Å². The van der Waals surface area contributed by atoms with Crippen molar-refractivity contribution >= 4 is 44.1 Å². The van der Waals surface area contributed by atoms with Gasteiger partial charge in [0.2, 0.25) is 0 Å². The van der Waals surface area contributed by atoms with Crippen molar-refractivity contribution in [1.82, 2.24) is 39.9 Å². The zero-order chi connectivity index (χ0) is 73.5. The Kier molecular flexibility index (Phi) is 18.7. The lowest BCUT2D eigenvalue weighted by Gasteiger charge is -2.30. The van der Waals surface area contributed by atoms with E-state index in [1.54, 1.807) is 0 Å². The number of hydrogen-bond acceptors (Lipinski definition) is 10. The van der Waals surface area contributed by atoms with Gasteiger partial charge in [-0.1, -0.05) is 194 Å². The first-order chi connectivity index (χ1) is 48.8. The molecule has 2 aliphatic rings. The van der Waals surface area contributed by atoms with E-state index in [9.17, 15) is 0 Å². The molecule has 11 aromatic rings. The van der Waals surface area contributed by atoms with Crippen LogP contribution in [0.25, 0.3) is 89.7 Å². The van der Waals surface area contributed by atoms with Gasteiger partial charge in [-0.2, -0.15) is 0 Å². The first-order valence-electron chi connectivity index (χ1n) is 37.5. The fourth-order valence-corrected chi connectivity index (χ4v) is 13.6. The molecule has 2 aliphatic heterocycles. The van der Waals surface area contributed by atoms with E-state index in [4.69, 9.17) is 48.9 Å². The van der Waals surface area contributed by atoms with Crippen molar-refractivity contribution in [3.8, 4) is 91.5 Å². The standard InChI is InChI=1S/C91H104N8O4/c1-22-85(8,9)54-29-34-58(35-30-54)100-59-36-40-63-67(50-59)81-92-77(63)94-82-69-52-61(102-75-45-32-56(87(12,13)24-3)48-72(75)90(18,19)27-6)38-42-65(69)79(96-82)98-84-70-53-62(103-76-46-33-57(88(14,15)25-4)49-73(76)91(20,21)28-7)39-43-66(70)80(99-84)97-83-68-51-60(37-41-64(68)78(93-81)95-83)101-74-44-31-55(86(10,11)23-2)47-71(74)89(16,17)26-5/h29-53H,22-28H2,1-21H3,(H2,92,93,94,95,96,97,98,99). The zero-order valence-corrected chi connectivity index (χ0v) is 64.7. The molecule has 0 amide bonds. The number of rotatable bonds is 22. The quantitative estimate of drug-likeness (QED) is 0.0672. The predicted molar refractivity (Wildman–Crippen MR) is 425 cm³/mol. The maximum Gasteiger partial charge on any atom is 0.164 e. The second-order valence-electron chi connectivity index (χ2n) is 33.2. The molecule has 0 saturated heterocycles. The van der Waals surface area contributed by atoms with Gasteiger partial charge < -0.3 is 28.9 Å². The van der Waals surface area contributed by atoms with Crippen LogP contribution >= 0.6 is 0 Å². The lowest BCUT2D eigenvalue weighted by molar-refractivity contribution is 0.432. The molecule has 0 saturated carbocycles. The molecule has 3 aromatic heterocycles. The first-order valence-corrected chi connectivity index (χ1v) is 37.5. The topological polar surface area (TPSA) is 146 Å². The van der Waals surface area contributed by atoms with Crippen molar-refractivity contribution in [3.63, 3.8) is 0 Å². The van der Waals surface area contributed by atoms with Crippen LogP contribution < -0.4 is 18.9 Å². The Bertz CT molecular complexity index is 5190. The number of hydrogen-bond donors (Lipinski definition) is 2. The minimum Gasteiger partial charge on any atom is -0.457 e. The third-order valence-corrected chi connectivity index (χ3v) is 23.9. The summed E-state index contributed by atoms with van der Waals surface area (Å²) in [6.07, 6.45) is 6.81. The Hall–Kier alpha value is -9.68. The van der Waals surface area contributed by atoms with E-state index < -0.39 is 0 Å². The molecule has 532 valence electrons. The van der Waals surface area contributed by atoms with Crippen LogP contribution in [0.3, 0.4) is 0 Å². The van der Waals surface area contributed by atoms with Gasteiger partial charge >= 0.3 is 0 Å². The molecule has 0 radical (unpaired) electrons. The second-order valence-corrected chi connectivity index (χ2v) is 33.2. The predicted octanol–water partition coefficient (Wildman–Crippen LogP) is 25.9. The van der Waals surface area contributed by atoms with Crippen molar-refractivity contribution < 1.29 is 18.9 Å². The third kappa shape index (κ3) is 13.7. The summed E-state index contributed by atoms with van der Waals surface area (Å²) in [4.78, 5) is 40.4. The van der Waals surface area contributed by atoms with E-state index in [-0.39, 0.29) is 37.9 Å². The van der Waals surface area contributed by atoms with Crippen molar-refractivity contribution in [2.24, 2.45) is 0 Å². The molecule has 5 heterocycles. The summed E-state index contributed by atoms with van der Waals surface area (Å²) in [6, 6.07) is 53.0. The number of aromatic amines is 2. The number of H-pyrrole nitrogens is 2. The average molecular weight is 1370 g/mol. The number of nitrogens with zero attached hydrogens (tertiary/aromatic N) is 6. The summed E-state index contributed by atoms with van der Waals surface area (Å²) in [7, 11) is 0. The van der Waals surface area contributed by atoms with Crippen molar-refractivity contribution in [2.45, 2.75) is 228 Å². The van der Waals surface area contributed by atoms with Gasteiger partial charge in [-0.3, -0.25) is 0 Å². The third-order valence-electron chi connectivity index (χ3n) is 23.9. The van der Waals surface area contributed by atoms with Gasteiger partial charge in [0.15, 0.2) is 23.3 Å². The molecule has 2 N–H and O–H groups in total. The number of nitrogens with one attached hydrogen (secondary N) is 2. The van der Waals surface area contributed by atoms with Gasteiger partial charge in [-0.25, -0.2) is 29.9 Å². The minimum absolute atomic E-state index is 0.0135. The van der Waals surface area contributed by atoms with Crippen LogP contribution in [-0.4, -0.2) is 39.9 Å². The van der Waals surface area contributed by atoms with Gasteiger partial charge in [-0.15, -0.1) is 0 Å². The fourth-order valence-electron chi connectivity index (χ4n) is 13.6. The average Bonchev–Trinajstić information content (AvgIpc) is 1.71. The zero-order valence-electron chi connectivity index (χ0n) is 64.7. The van der Waals surface area contributed by atoms with Gasteiger partial charge in [-0.05, 0) is 208 Å². The van der Waals surface area contributed by atoms with Gasteiger partial charge in [0.25, 0.3) is 0 Å². The van der Waals surface area contributed by atoms with Crippen molar-refractivity contribution in [1.29, 1.82) is 0 Å². The molecule has 12 nitrogen and oxygen atoms in total. The summed E-state index contributed by atoms with van der Waals surface area (Å²) in [5, 5.41) is 3.16. The second kappa shape index (κ2) is 26.9. The van der Waals surface area contributed by atoms with Crippen molar-refractivity contribution in [3.05, 3.63) is 191 Å². The lowest BCUT2D eigenvalue weighted by Crippen LogP contribution is -2.20. The van der Waals surface area contributed by atoms with E-state index >= 15 is 0 Å². The highest BCUT2D eigenvalue weighted by atomic mass is 16.5. The highest BCUT2D eigenvalue weighted by molar-refractivity contribution is 6.07. The summed E-state index contributed by atoms with van der Waals surface area (Å²) < 4.78 is 28.0. The van der Waals surface area contributed by atoms with E-state index in [0.717, 1.165) is 128 Å². The molecule has 0 aliphatic carbocycles. The van der Waals surface area contributed by atoms with E-state index in [2.05, 4.69) is 240 Å². The number of aromatic nitrogens is 8. The van der Waals surface area contributed by atoms with Crippen LogP contribution in [0.5, 0.6) is 46.0 Å². The molecule has 0 atom stereocenters. The summed E-state index contributed by atoms with van der Waals surface area (Å²) in [6.45, 7) is 47.8. The Morgan fingerprint density at radius 1 is 0.243 bits per heavy atom. The number of benzene rings is 8. The monoisotopic (exact) mass is 1370 g/mol. The minimum atomic E-state index is -0.176. The highest BCUT2D eigenvalue weighted by Crippen LogP contribution is 2.48.